The lowest BCUT2D eigenvalue weighted by molar-refractivity contribution is 0.294. The molecule has 4 heteroatoms. The lowest BCUT2D eigenvalue weighted by Gasteiger charge is -2.06. The Morgan fingerprint density at radius 2 is 2.19 bits per heavy atom. The van der Waals surface area contributed by atoms with E-state index in [-0.39, 0.29) is 0 Å². The van der Waals surface area contributed by atoms with Gasteiger partial charge in [0.05, 0.1) is 6.61 Å². The lowest BCUT2D eigenvalue weighted by Crippen LogP contribution is -2.12. The van der Waals surface area contributed by atoms with Gasteiger partial charge in [-0.1, -0.05) is 44.5 Å². The van der Waals surface area contributed by atoms with Gasteiger partial charge in [0.15, 0.2) is 0 Å². The Morgan fingerprint density at radius 1 is 1.38 bits per heavy atom. The largest absolute Gasteiger partial charge is 0.478 e. The van der Waals surface area contributed by atoms with Crippen LogP contribution in [0.1, 0.15) is 38.3 Å². The molecule has 1 rings (SSSR count). The van der Waals surface area contributed by atoms with Crippen LogP contribution in [0.3, 0.4) is 0 Å². The van der Waals surface area contributed by atoms with Crippen molar-refractivity contribution < 1.29 is 4.74 Å². The van der Waals surface area contributed by atoms with E-state index < -0.39 is 0 Å². The maximum absolute atomic E-state index is 5.52. The molecule has 0 radical (unpaired) electrons. The molecule has 0 spiro atoms. The highest BCUT2D eigenvalue weighted by Gasteiger charge is 2.00. The highest BCUT2D eigenvalue weighted by molar-refractivity contribution is 7.80. The Bertz CT molecular complexity index is 342. The molecule has 1 heterocycles. The molecule has 2 N–H and O–H groups in total. The number of unbranched alkanes of at least 4 members (excludes halogenated alkanes) is 3. The molecule has 3 nitrogen and oxygen atoms in total. The van der Waals surface area contributed by atoms with E-state index >= 15 is 0 Å². The molecule has 0 amide bonds. The number of aromatic nitrogens is 1. The van der Waals surface area contributed by atoms with E-state index in [1.54, 1.807) is 6.07 Å². The Morgan fingerprint density at radius 3 is 2.88 bits per heavy atom. The number of hydrogen-bond acceptors (Lipinski definition) is 3. The monoisotopic (exact) mass is 238 g/mol. The summed E-state index contributed by atoms with van der Waals surface area (Å²) < 4.78 is 5.52. The fourth-order valence-electron chi connectivity index (χ4n) is 1.34. The topological polar surface area (TPSA) is 48.1 Å². The SMILES string of the molecule is CCCCCCOc1cccc(C(N)=S)n1. The summed E-state index contributed by atoms with van der Waals surface area (Å²) in [4.78, 5) is 4.50. The van der Waals surface area contributed by atoms with E-state index in [0.29, 0.717) is 23.2 Å². The first-order valence-electron chi connectivity index (χ1n) is 5.63. The molecule has 0 fully saturated rings. The summed E-state index contributed by atoms with van der Waals surface area (Å²) in [7, 11) is 0. The molecule has 16 heavy (non-hydrogen) atoms. The Labute approximate surface area is 102 Å². The van der Waals surface area contributed by atoms with Gasteiger partial charge in [-0.05, 0) is 12.5 Å². The summed E-state index contributed by atoms with van der Waals surface area (Å²) in [6.45, 7) is 2.89. The maximum Gasteiger partial charge on any atom is 0.213 e. The van der Waals surface area contributed by atoms with Crippen molar-refractivity contribution in [2.24, 2.45) is 5.73 Å². The second-order valence-electron chi connectivity index (χ2n) is 3.63. The number of nitrogens with zero attached hydrogens (tertiary/aromatic N) is 1. The molecular weight excluding hydrogens is 220 g/mol. The molecule has 0 unspecified atom stereocenters. The molecular formula is C12H18N2OS. The second kappa shape index (κ2) is 7.17. The zero-order valence-electron chi connectivity index (χ0n) is 9.61. The quantitative estimate of drug-likeness (QED) is 0.586. The van der Waals surface area contributed by atoms with Gasteiger partial charge in [0.25, 0.3) is 0 Å². The van der Waals surface area contributed by atoms with Crippen LogP contribution >= 0.6 is 12.2 Å². The number of ether oxygens (including phenoxy) is 1. The third kappa shape index (κ3) is 4.57. The number of thiocarbonyl (C=S) groups is 1. The highest BCUT2D eigenvalue weighted by Crippen LogP contribution is 2.08. The Balaban J connectivity index is 2.36. The molecule has 1 aromatic rings. The van der Waals surface area contributed by atoms with E-state index in [0.717, 1.165) is 6.42 Å². The van der Waals surface area contributed by atoms with Crippen molar-refractivity contribution in [3.05, 3.63) is 23.9 Å². The Hall–Kier alpha value is -1.16. The minimum absolute atomic E-state index is 0.302. The van der Waals surface area contributed by atoms with Crippen molar-refractivity contribution in [1.29, 1.82) is 0 Å². The molecule has 0 aromatic carbocycles. The summed E-state index contributed by atoms with van der Waals surface area (Å²) in [6, 6.07) is 5.46. The highest BCUT2D eigenvalue weighted by atomic mass is 32.1. The standard InChI is InChI=1S/C12H18N2OS/c1-2-3-4-5-9-15-11-8-6-7-10(14-11)12(13)16/h6-8H,2-5,9H2,1H3,(H2,13,16). The maximum atomic E-state index is 5.52. The minimum atomic E-state index is 0.302. The summed E-state index contributed by atoms with van der Waals surface area (Å²) >= 11 is 4.85. The zero-order valence-corrected chi connectivity index (χ0v) is 10.4. The third-order valence-corrected chi connectivity index (χ3v) is 2.43. The molecule has 88 valence electrons. The fourth-order valence-corrected chi connectivity index (χ4v) is 1.45. The smallest absolute Gasteiger partial charge is 0.213 e. The first-order valence-corrected chi connectivity index (χ1v) is 6.04. The fraction of sp³-hybridized carbons (Fsp3) is 0.500. The minimum Gasteiger partial charge on any atom is -0.478 e. The first-order chi connectivity index (χ1) is 7.74. The van der Waals surface area contributed by atoms with Crippen molar-refractivity contribution in [2.75, 3.05) is 6.61 Å². The molecule has 0 atom stereocenters. The number of rotatable bonds is 7. The molecule has 0 saturated carbocycles. The van der Waals surface area contributed by atoms with Gasteiger partial charge in [-0.2, -0.15) is 0 Å². The van der Waals surface area contributed by atoms with E-state index in [1.807, 2.05) is 12.1 Å². The lowest BCUT2D eigenvalue weighted by atomic mass is 10.2. The molecule has 0 aliphatic heterocycles. The summed E-state index contributed by atoms with van der Waals surface area (Å²) in [5.41, 5.74) is 6.10. The molecule has 0 aliphatic rings. The molecule has 1 aromatic heterocycles. The third-order valence-electron chi connectivity index (χ3n) is 2.22. The van der Waals surface area contributed by atoms with Gasteiger partial charge in [-0.3, -0.25) is 0 Å². The number of pyridine rings is 1. The molecule has 0 bridgehead atoms. The van der Waals surface area contributed by atoms with E-state index in [4.69, 9.17) is 22.7 Å². The average Bonchev–Trinajstić information content (AvgIpc) is 2.29. The van der Waals surface area contributed by atoms with Gasteiger partial charge in [0, 0.05) is 6.07 Å². The predicted molar refractivity (Wildman–Crippen MR) is 69.8 cm³/mol. The Kier molecular flexibility index (Phi) is 5.78. The average molecular weight is 238 g/mol. The zero-order chi connectivity index (χ0) is 11.8. The van der Waals surface area contributed by atoms with Crippen molar-refractivity contribution >= 4 is 17.2 Å². The van der Waals surface area contributed by atoms with Crippen LogP contribution in [0.15, 0.2) is 18.2 Å². The van der Waals surface area contributed by atoms with Crippen LogP contribution in [-0.4, -0.2) is 16.6 Å². The van der Waals surface area contributed by atoms with Crippen molar-refractivity contribution in [3.8, 4) is 5.88 Å². The number of hydrogen-bond donors (Lipinski definition) is 1. The van der Waals surface area contributed by atoms with Crippen LogP contribution in [0, 0.1) is 0 Å². The van der Waals surface area contributed by atoms with Crippen LogP contribution in [0.4, 0.5) is 0 Å². The van der Waals surface area contributed by atoms with Crippen LogP contribution in [-0.2, 0) is 0 Å². The first kappa shape index (κ1) is 12.9. The van der Waals surface area contributed by atoms with Crippen LogP contribution in [0.25, 0.3) is 0 Å². The van der Waals surface area contributed by atoms with Crippen molar-refractivity contribution in [3.63, 3.8) is 0 Å². The van der Waals surface area contributed by atoms with E-state index in [9.17, 15) is 0 Å². The summed E-state index contributed by atoms with van der Waals surface area (Å²) in [6.07, 6.45) is 4.75. The van der Waals surface area contributed by atoms with E-state index in [2.05, 4.69) is 11.9 Å². The second-order valence-corrected chi connectivity index (χ2v) is 4.07. The molecule has 0 aliphatic carbocycles. The van der Waals surface area contributed by atoms with Crippen LogP contribution < -0.4 is 10.5 Å². The van der Waals surface area contributed by atoms with Gasteiger partial charge in [0.1, 0.15) is 10.7 Å². The summed E-state index contributed by atoms with van der Waals surface area (Å²) in [5.74, 6) is 0.599. The van der Waals surface area contributed by atoms with Crippen molar-refractivity contribution in [1.82, 2.24) is 4.98 Å². The van der Waals surface area contributed by atoms with Gasteiger partial charge >= 0.3 is 0 Å². The predicted octanol–water partition coefficient (Wildman–Crippen LogP) is 2.67. The van der Waals surface area contributed by atoms with Gasteiger partial charge in [-0.15, -0.1) is 0 Å². The van der Waals surface area contributed by atoms with Gasteiger partial charge in [-0.25, -0.2) is 4.98 Å². The molecule has 0 saturated heterocycles. The normalized spacial score (nSPS) is 10.1. The number of nitrogens with two attached hydrogens (primary N) is 1. The van der Waals surface area contributed by atoms with Crippen LogP contribution in [0.5, 0.6) is 5.88 Å². The van der Waals surface area contributed by atoms with Gasteiger partial charge in [0.2, 0.25) is 5.88 Å². The van der Waals surface area contributed by atoms with Crippen LogP contribution in [0.2, 0.25) is 0 Å². The summed E-state index contributed by atoms with van der Waals surface area (Å²) in [5, 5.41) is 0. The van der Waals surface area contributed by atoms with E-state index in [1.165, 1.54) is 19.3 Å². The van der Waals surface area contributed by atoms with Crippen molar-refractivity contribution in [2.45, 2.75) is 32.6 Å². The van der Waals surface area contributed by atoms with Gasteiger partial charge < -0.3 is 10.5 Å².